The number of rotatable bonds is 15. The molecule has 0 radical (unpaired) electrons. The molecule has 1 unspecified atom stereocenters. The minimum Gasteiger partial charge on any atom is -0.489 e. The number of methoxy groups -OCH3 is 1. The highest BCUT2D eigenvalue weighted by atomic mass is 16.6. The van der Waals surface area contributed by atoms with Gasteiger partial charge < -0.3 is 28.8 Å². The highest BCUT2D eigenvalue weighted by molar-refractivity contribution is 5.90. The topological polar surface area (TPSA) is 118 Å². The van der Waals surface area contributed by atoms with Crippen molar-refractivity contribution in [3.8, 4) is 33.8 Å². The normalized spacial score (nSPS) is 16.3. The number of hydrogen-bond donors (Lipinski definition) is 1. The summed E-state index contributed by atoms with van der Waals surface area (Å²) in [6, 6.07) is 21.5. The molecule has 9 nitrogen and oxygen atoms in total. The molecule has 0 bridgehead atoms. The molecule has 0 aromatic heterocycles. The van der Waals surface area contributed by atoms with Crippen molar-refractivity contribution in [3.05, 3.63) is 96.6 Å². The van der Waals surface area contributed by atoms with Crippen LogP contribution < -0.4 is 9.47 Å². The molecule has 4 rings (SSSR count). The molecule has 0 aliphatic heterocycles. The zero-order chi connectivity index (χ0) is 34.6. The third-order valence-electron chi connectivity index (χ3n) is 8.23. The van der Waals surface area contributed by atoms with Gasteiger partial charge in [-0.05, 0) is 92.0 Å². The third kappa shape index (κ3) is 9.89. The molecule has 3 aromatic carbocycles. The summed E-state index contributed by atoms with van der Waals surface area (Å²) < 4.78 is 27.3. The Bertz CT molecular complexity index is 1580. The van der Waals surface area contributed by atoms with Crippen molar-refractivity contribution in [2.75, 3.05) is 33.5 Å². The number of carbonyl (C=O) groups is 3. The predicted molar refractivity (Wildman–Crippen MR) is 183 cm³/mol. The van der Waals surface area contributed by atoms with E-state index < -0.39 is 17.9 Å². The van der Waals surface area contributed by atoms with Gasteiger partial charge in [0.05, 0.1) is 24.7 Å². The van der Waals surface area contributed by atoms with Gasteiger partial charge >= 0.3 is 17.9 Å². The van der Waals surface area contributed by atoms with Gasteiger partial charge in [0.2, 0.25) is 0 Å². The van der Waals surface area contributed by atoms with E-state index in [4.69, 9.17) is 23.7 Å². The smallest absolute Gasteiger partial charge is 0.341 e. The summed E-state index contributed by atoms with van der Waals surface area (Å²) in [5, 5.41) is 9.23. The van der Waals surface area contributed by atoms with Crippen molar-refractivity contribution in [2.45, 2.75) is 51.6 Å². The molecular formula is C39H44O9. The van der Waals surface area contributed by atoms with Gasteiger partial charge in [0, 0.05) is 18.2 Å². The number of carbonyl (C=O) groups excluding carboxylic acids is 3. The van der Waals surface area contributed by atoms with Gasteiger partial charge in [-0.25, -0.2) is 9.59 Å². The predicted octanol–water partition coefficient (Wildman–Crippen LogP) is 6.82. The largest absolute Gasteiger partial charge is 0.489 e. The van der Waals surface area contributed by atoms with E-state index in [0.717, 1.165) is 47.9 Å². The Labute approximate surface area is 282 Å². The first-order chi connectivity index (χ1) is 23.1. The van der Waals surface area contributed by atoms with E-state index in [2.05, 4.69) is 37.4 Å². The van der Waals surface area contributed by atoms with Crippen molar-refractivity contribution in [1.82, 2.24) is 0 Å². The Balaban J connectivity index is 1.50. The van der Waals surface area contributed by atoms with Crippen molar-refractivity contribution in [2.24, 2.45) is 5.92 Å². The molecule has 0 spiro atoms. The second-order valence-electron chi connectivity index (χ2n) is 12.0. The Morgan fingerprint density at radius 1 is 0.854 bits per heavy atom. The number of ether oxygens (including phenoxy) is 5. The SMILES string of the molecule is C=C(C)C(=O)OCCOc1ccc(-c2ccc(OC(=O)C(=C)COC)cc2)cc1-c1ccc(C2CCC(OC(=O)C(C)CO)CC2)cc1. The Morgan fingerprint density at radius 3 is 2.12 bits per heavy atom. The van der Waals surface area contributed by atoms with E-state index in [1.165, 1.54) is 12.7 Å². The average molecular weight is 657 g/mol. The highest BCUT2D eigenvalue weighted by Crippen LogP contribution is 2.38. The zero-order valence-corrected chi connectivity index (χ0v) is 27.9. The first-order valence-electron chi connectivity index (χ1n) is 16.1. The second kappa shape index (κ2) is 17.4. The molecule has 1 saturated carbocycles. The van der Waals surface area contributed by atoms with Crippen LogP contribution in [-0.4, -0.2) is 62.7 Å². The average Bonchev–Trinajstić information content (AvgIpc) is 3.10. The molecule has 1 fully saturated rings. The van der Waals surface area contributed by atoms with Crippen LogP contribution in [0.3, 0.4) is 0 Å². The third-order valence-corrected chi connectivity index (χ3v) is 8.23. The maximum Gasteiger partial charge on any atom is 0.341 e. The maximum absolute atomic E-state index is 12.2. The lowest BCUT2D eigenvalue weighted by molar-refractivity contribution is -0.156. The number of hydrogen-bond acceptors (Lipinski definition) is 9. The van der Waals surface area contributed by atoms with E-state index in [1.54, 1.807) is 26.0 Å². The summed E-state index contributed by atoms with van der Waals surface area (Å²) in [7, 11) is 1.49. The van der Waals surface area contributed by atoms with E-state index in [1.807, 2.05) is 30.3 Å². The molecule has 1 aliphatic rings. The van der Waals surface area contributed by atoms with Crippen LogP contribution in [0.1, 0.15) is 51.0 Å². The number of aliphatic hydroxyl groups excluding tert-OH is 1. The summed E-state index contributed by atoms with van der Waals surface area (Å²) in [6.45, 7) is 10.7. The molecular weight excluding hydrogens is 612 g/mol. The van der Waals surface area contributed by atoms with Crippen molar-refractivity contribution >= 4 is 17.9 Å². The second-order valence-corrected chi connectivity index (χ2v) is 12.0. The van der Waals surface area contributed by atoms with Crippen LogP contribution >= 0.6 is 0 Å². The standard InChI is InChI=1S/C39H44O9/c1-25(2)37(41)46-21-20-45-36-19-14-32(30-12-17-34(18-13-30)48-39(43)27(4)24-44-5)22-35(36)31-8-6-28(7-9-31)29-10-15-33(16-11-29)47-38(42)26(3)23-40/h6-9,12-14,17-19,22,26,29,33,40H,1,4,10-11,15-16,20-21,23-24H2,2-3,5H3. The Hall–Kier alpha value is -4.73. The quantitative estimate of drug-likeness (QED) is 0.0814. The Morgan fingerprint density at radius 2 is 1.50 bits per heavy atom. The van der Waals surface area contributed by atoms with E-state index in [-0.39, 0.29) is 44.1 Å². The molecule has 0 amide bonds. The molecule has 0 saturated heterocycles. The zero-order valence-electron chi connectivity index (χ0n) is 27.9. The van der Waals surface area contributed by atoms with Gasteiger partial charge in [-0.3, -0.25) is 4.79 Å². The van der Waals surface area contributed by atoms with Crippen LogP contribution in [-0.2, 0) is 28.6 Å². The van der Waals surface area contributed by atoms with Crippen molar-refractivity contribution in [3.63, 3.8) is 0 Å². The van der Waals surface area contributed by atoms with Gasteiger partial charge in [0.15, 0.2) is 0 Å². The van der Waals surface area contributed by atoms with Crippen molar-refractivity contribution < 1.29 is 43.2 Å². The summed E-state index contributed by atoms with van der Waals surface area (Å²) in [5.41, 5.74) is 5.44. The lowest BCUT2D eigenvalue weighted by Crippen LogP contribution is -2.27. The minimum absolute atomic E-state index is 0.0830. The fourth-order valence-corrected chi connectivity index (χ4v) is 5.40. The first kappa shape index (κ1) is 36.1. The van der Waals surface area contributed by atoms with Gasteiger partial charge in [-0.1, -0.05) is 55.6 Å². The first-order valence-corrected chi connectivity index (χ1v) is 16.1. The molecule has 9 heteroatoms. The van der Waals surface area contributed by atoms with Crippen molar-refractivity contribution in [1.29, 1.82) is 0 Å². The summed E-state index contributed by atoms with van der Waals surface area (Å²) >= 11 is 0. The highest BCUT2D eigenvalue weighted by Gasteiger charge is 2.26. The fraction of sp³-hybridized carbons (Fsp3) is 0.359. The Kier molecular flexibility index (Phi) is 13.1. The number of benzene rings is 3. The molecule has 1 aliphatic carbocycles. The van der Waals surface area contributed by atoms with Crippen LogP contribution in [0.5, 0.6) is 11.5 Å². The van der Waals surface area contributed by atoms with Crippen LogP contribution in [0.15, 0.2) is 91.0 Å². The number of aliphatic hydroxyl groups is 1. The fourth-order valence-electron chi connectivity index (χ4n) is 5.40. The lowest BCUT2D eigenvalue weighted by atomic mass is 9.82. The van der Waals surface area contributed by atoms with Crippen LogP contribution in [0, 0.1) is 5.92 Å². The van der Waals surface area contributed by atoms with Gasteiger partial charge in [0.1, 0.15) is 30.8 Å². The maximum atomic E-state index is 12.2. The van der Waals surface area contributed by atoms with Crippen LogP contribution in [0.2, 0.25) is 0 Å². The summed E-state index contributed by atoms with van der Waals surface area (Å²) in [6.07, 6.45) is 3.26. The monoisotopic (exact) mass is 656 g/mol. The summed E-state index contributed by atoms with van der Waals surface area (Å²) in [5.74, 6) is -0.474. The van der Waals surface area contributed by atoms with Gasteiger partial charge in [-0.15, -0.1) is 0 Å². The molecule has 1 atom stereocenters. The lowest BCUT2D eigenvalue weighted by Gasteiger charge is -2.29. The van der Waals surface area contributed by atoms with E-state index in [9.17, 15) is 19.5 Å². The minimum atomic E-state index is -0.546. The van der Waals surface area contributed by atoms with E-state index >= 15 is 0 Å². The van der Waals surface area contributed by atoms with Crippen LogP contribution in [0.25, 0.3) is 22.3 Å². The number of esters is 3. The molecule has 0 heterocycles. The summed E-state index contributed by atoms with van der Waals surface area (Å²) in [4.78, 5) is 36.1. The van der Waals surface area contributed by atoms with Gasteiger partial charge in [0.25, 0.3) is 0 Å². The van der Waals surface area contributed by atoms with E-state index in [0.29, 0.717) is 23.0 Å². The molecule has 3 aromatic rings. The molecule has 48 heavy (non-hydrogen) atoms. The molecule has 254 valence electrons. The molecule has 1 N–H and O–H groups in total. The van der Waals surface area contributed by atoms with Crippen LogP contribution in [0.4, 0.5) is 0 Å². The van der Waals surface area contributed by atoms with Gasteiger partial charge in [-0.2, -0.15) is 0 Å².